The summed E-state index contributed by atoms with van der Waals surface area (Å²) in [6.07, 6.45) is -1.18. The van der Waals surface area contributed by atoms with Gasteiger partial charge in [0, 0.05) is 22.8 Å². The summed E-state index contributed by atoms with van der Waals surface area (Å²) in [5.41, 5.74) is -0.435. The summed E-state index contributed by atoms with van der Waals surface area (Å²) in [6, 6.07) is 3.01. The van der Waals surface area contributed by atoms with Crippen molar-refractivity contribution < 1.29 is 27.6 Å². The number of benzene rings is 1. The van der Waals surface area contributed by atoms with Crippen LogP contribution in [0, 0.1) is 10.1 Å². The number of carbonyl (C=O) groups is 1. The van der Waals surface area contributed by atoms with Crippen molar-refractivity contribution in [2.24, 2.45) is 0 Å². The van der Waals surface area contributed by atoms with E-state index >= 15 is 0 Å². The van der Waals surface area contributed by atoms with Crippen molar-refractivity contribution in [3.63, 3.8) is 0 Å². The second kappa shape index (κ2) is 5.74. The Morgan fingerprint density at radius 1 is 1.52 bits per heavy atom. The summed E-state index contributed by atoms with van der Waals surface area (Å²) in [5.74, 6) is -0.154. The summed E-state index contributed by atoms with van der Waals surface area (Å²) in [6.45, 7) is 0.102. The van der Waals surface area contributed by atoms with Gasteiger partial charge in [-0.15, -0.1) is 0 Å². The number of cyclic esters (lactones) is 1. The molecule has 1 saturated heterocycles. The molecule has 1 heterocycles. The van der Waals surface area contributed by atoms with Gasteiger partial charge in [-0.2, -0.15) is 0 Å². The molecule has 114 valence electrons. The lowest BCUT2D eigenvalue weighted by molar-refractivity contribution is -0.385. The van der Waals surface area contributed by atoms with E-state index in [4.69, 9.17) is 20.2 Å². The molecule has 0 bridgehead atoms. The number of nitrogens with zero attached hydrogens (tertiary/aromatic N) is 1. The van der Waals surface area contributed by atoms with Gasteiger partial charge in [0.1, 0.15) is 17.3 Å². The first-order valence-corrected chi connectivity index (χ1v) is 7.88. The van der Waals surface area contributed by atoms with Gasteiger partial charge in [0.25, 0.3) is 14.7 Å². The molecule has 9 nitrogen and oxygen atoms in total. The zero-order valence-electron chi connectivity index (χ0n) is 10.3. The number of halogens is 1. The summed E-state index contributed by atoms with van der Waals surface area (Å²) in [4.78, 5) is 20.2. The first-order valence-electron chi connectivity index (χ1n) is 5.58. The van der Waals surface area contributed by atoms with E-state index < -0.39 is 36.8 Å². The zero-order valence-corrected chi connectivity index (χ0v) is 11.9. The van der Waals surface area contributed by atoms with Crippen LogP contribution in [0.4, 0.5) is 10.5 Å². The fraction of sp³-hybridized carbons (Fsp3) is 0.300. The van der Waals surface area contributed by atoms with Crippen LogP contribution in [0.25, 0.3) is 0 Å². The minimum atomic E-state index is -4.23. The number of hydrogen-bond donors (Lipinski definition) is 1. The number of non-ortho nitro benzene ring substituents is 1. The second-order valence-electron chi connectivity index (χ2n) is 4.05. The highest BCUT2D eigenvalue weighted by Gasteiger charge is 2.25. The molecule has 1 aliphatic rings. The third kappa shape index (κ3) is 3.73. The summed E-state index contributed by atoms with van der Waals surface area (Å²) >= 11 is 0. The molecule has 1 unspecified atom stereocenters. The number of hydrogen-bond acceptors (Lipinski definition) is 7. The largest absolute Gasteiger partial charge is 0.488 e. The Balaban J connectivity index is 2.22. The lowest BCUT2D eigenvalue weighted by Crippen LogP contribution is -2.22. The van der Waals surface area contributed by atoms with E-state index in [1.54, 1.807) is 0 Å². The predicted molar refractivity (Wildman–Crippen MR) is 69.9 cm³/mol. The third-order valence-electron chi connectivity index (χ3n) is 2.57. The minimum Gasteiger partial charge on any atom is -0.488 e. The average molecular weight is 337 g/mol. The van der Waals surface area contributed by atoms with E-state index in [2.05, 4.69) is 5.32 Å². The van der Waals surface area contributed by atoms with Gasteiger partial charge in [0.05, 0.1) is 11.5 Å². The van der Waals surface area contributed by atoms with Gasteiger partial charge in [-0.05, 0) is 6.07 Å². The fourth-order valence-corrected chi connectivity index (χ4v) is 2.62. The Kier molecular flexibility index (Phi) is 4.19. The van der Waals surface area contributed by atoms with Crippen LogP contribution >= 0.6 is 10.7 Å². The molecule has 1 aliphatic heterocycles. The van der Waals surface area contributed by atoms with Crippen LogP contribution in [0.2, 0.25) is 0 Å². The highest BCUT2D eigenvalue weighted by molar-refractivity contribution is 8.13. The Labute approximate surface area is 123 Å². The molecule has 0 radical (unpaired) electrons. The van der Waals surface area contributed by atoms with Crippen LogP contribution in [0.5, 0.6) is 5.75 Å². The summed E-state index contributed by atoms with van der Waals surface area (Å²) in [7, 11) is 1.00. The van der Waals surface area contributed by atoms with Gasteiger partial charge in [-0.1, -0.05) is 0 Å². The number of carbonyl (C=O) groups excluding carboxylic acids is 1. The van der Waals surface area contributed by atoms with Crippen LogP contribution < -0.4 is 10.1 Å². The van der Waals surface area contributed by atoms with Gasteiger partial charge < -0.3 is 14.8 Å². The van der Waals surface area contributed by atoms with Gasteiger partial charge in [0.15, 0.2) is 6.10 Å². The first kappa shape index (κ1) is 15.3. The smallest absolute Gasteiger partial charge is 0.407 e. The van der Waals surface area contributed by atoms with Crippen LogP contribution in [-0.2, 0) is 13.8 Å². The van der Waals surface area contributed by atoms with E-state index in [0.29, 0.717) is 0 Å². The number of nitro groups is 1. The molecule has 1 aromatic carbocycles. The number of ether oxygens (including phenoxy) is 2. The highest BCUT2D eigenvalue weighted by Crippen LogP contribution is 2.31. The standard InChI is InChI=1S/C10H9ClN2O7S/c11-21(17,18)9-3-6(13(15)16)1-2-8(9)19-5-7-4-12-10(14)20-7/h1-3,7H,4-5H2,(H,12,14). The van der Waals surface area contributed by atoms with Crippen molar-refractivity contribution in [2.75, 3.05) is 13.2 Å². The molecule has 0 aliphatic carbocycles. The van der Waals surface area contributed by atoms with Crippen LogP contribution in [-0.4, -0.2) is 38.7 Å². The zero-order chi connectivity index (χ0) is 15.6. The SMILES string of the molecule is O=C1NCC(COc2ccc([N+](=O)[O-])cc2S(=O)(=O)Cl)O1. The van der Waals surface area contributed by atoms with Crippen molar-refractivity contribution in [1.29, 1.82) is 0 Å². The maximum absolute atomic E-state index is 11.4. The van der Waals surface area contributed by atoms with E-state index in [9.17, 15) is 23.3 Å². The lowest BCUT2D eigenvalue weighted by Gasteiger charge is -2.12. The highest BCUT2D eigenvalue weighted by atomic mass is 35.7. The number of alkyl carbamates (subject to hydrolysis) is 1. The van der Waals surface area contributed by atoms with Crippen molar-refractivity contribution in [2.45, 2.75) is 11.0 Å². The summed E-state index contributed by atoms with van der Waals surface area (Å²) in [5, 5.41) is 13.1. The van der Waals surface area contributed by atoms with Gasteiger partial charge in [-0.3, -0.25) is 10.1 Å². The molecule has 21 heavy (non-hydrogen) atoms. The number of nitrogens with one attached hydrogen (secondary N) is 1. The number of rotatable bonds is 5. The fourth-order valence-electron chi connectivity index (χ4n) is 1.63. The lowest BCUT2D eigenvalue weighted by atomic mass is 10.3. The number of nitro benzene ring substituents is 1. The van der Waals surface area contributed by atoms with E-state index in [1.165, 1.54) is 0 Å². The molecular formula is C10H9ClN2O7S. The predicted octanol–water partition coefficient (Wildman–Crippen LogP) is 1.01. The molecular weight excluding hydrogens is 328 g/mol. The average Bonchev–Trinajstić information content (AvgIpc) is 2.81. The molecule has 1 N–H and O–H groups in total. The molecule has 0 aromatic heterocycles. The topological polar surface area (TPSA) is 125 Å². The molecule has 2 rings (SSSR count). The minimum absolute atomic E-state index is 0.115. The Morgan fingerprint density at radius 3 is 2.76 bits per heavy atom. The number of amides is 1. The van der Waals surface area contributed by atoms with Gasteiger partial charge >= 0.3 is 6.09 Å². The molecule has 0 saturated carbocycles. The van der Waals surface area contributed by atoms with E-state index in [0.717, 1.165) is 18.2 Å². The van der Waals surface area contributed by atoms with E-state index in [1.807, 2.05) is 0 Å². The Bertz CT molecular complexity index is 691. The van der Waals surface area contributed by atoms with E-state index in [-0.39, 0.29) is 18.9 Å². The molecule has 11 heteroatoms. The maximum atomic E-state index is 11.4. The molecule has 0 spiro atoms. The van der Waals surface area contributed by atoms with Crippen LogP contribution in [0.15, 0.2) is 23.1 Å². The van der Waals surface area contributed by atoms with Crippen LogP contribution in [0.3, 0.4) is 0 Å². The summed E-state index contributed by atoms with van der Waals surface area (Å²) < 4.78 is 32.9. The Morgan fingerprint density at radius 2 is 2.24 bits per heavy atom. The molecule has 1 atom stereocenters. The normalized spacial score (nSPS) is 18.0. The second-order valence-corrected chi connectivity index (χ2v) is 6.58. The van der Waals surface area contributed by atoms with Gasteiger partial charge in [0.2, 0.25) is 0 Å². The van der Waals surface area contributed by atoms with Crippen molar-refractivity contribution in [3.05, 3.63) is 28.3 Å². The van der Waals surface area contributed by atoms with Crippen molar-refractivity contribution in [1.82, 2.24) is 5.32 Å². The monoisotopic (exact) mass is 336 g/mol. The Hall–Kier alpha value is -2.07. The van der Waals surface area contributed by atoms with Gasteiger partial charge in [-0.25, -0.2) is 13.2 Å². The quantitative estimate of drug-likeness (QED) is 0.483. The maximum Gasteiger partial charge on any atom is 0.407 e. The van der Waals surface area contributed by atoms with Crippen molar-refractivity contribution in [3.8, 4) is 5.75 Å². The third-order valence-corrected chi connectivity index (χ3v) is 3.92. The molecule has 1 aromatic rings. The van der Waals surface area contributed by atoms with Crippen LogP contribution in [0.1, 0.15) is 0 Å². The molecule has 1 fully saturated rings. The first-order chi connectivity index (χ1) is 9.77. The molecule has 1 amide bonds. The van der Waals surface area contributed by atoms with Crippen molar-refractivity contribution >= 4 is 31.5 Å².